The van der Waals surface area contributed by atoms with Gasteiger partial charge >= 0.3 is 0 Å². The van der Waals surface area contributed by atoms with E-state index in [2.05, 4.69) is 9.97 Å². The van der Waals surface area contributed by atoms with Crippen molar-refractivity contribution in [3.63, 3.8) is 0 Å². The van der Waals surface area contributed by atoms with Gasteiger partial charge < -0.3 is 10.5 Å². The van der Waals surface area contributed by atoms with E-state index in [1.165, 1.54) is 18.9 Å². The zero-order chi connectivity index (χ0) is 10.7. The molecule has 1 heterocycles. The number of ether oxygens (including phenoxy) is 1. The van der Waals surface area contributed by atoms with Crippen LogP contribution in [0.1, 0.15) is 31.4 Å². The molecular formula is C10H15N3O2. The Labute approximate surface area is 87.7 Å². The summed E-state index contributed by atoms with van der Waals surface area (Å²) < 4.78 is 5.63. The van der Waals surface area contributed by atoms with Crippen LogP contribution in [0.5, 0.6) is 0 Å². The van der Waals surface area contributed by atoms with Crippen LogP contribution in [0.4, 0.5) is 5.95 Å². The lowest BCUT2D eigenvalue weighted by molar-refractivity contribution is 0.0437. The smallest absolute Gasteiger partial charge is 0.252 e. The fourth-order valence-corrected chi connectivity index (χ4v) is 1.86. The van der Waals surface area contributed by atoms with Crippen LogP contribution in [0.25, 0.3) is 0 Å². The van der Waals surface area contributed by atoms with E-state index in [0.717, 1.165) is 12.8 Å². The first-order valence-electron chi connectivity index (χ1n) is 5.21. The maximum atomic E-state index is 11.1. The summed E-state index contributed by atoms with van der Waals surface area (Å²) in [5.74, 6) is 0.146. The Morgan fingerprint density at radius 3 is 2.93 bits per heavy atom. The molecule has 1 aromatic heterocycles. The number of hydrogen-bond acceptors (Lipinski definition) is 4. The predicted octanol–water partition coefficient (Wildman–Crippen LogP) is 0.811. The number of H-pyrrole nitrogens is 1. The van der Waals surface area contributed by atoms with E-state index in [-0.39, 0.29) is 11.5 Å². The summed E-state index contributed by atoms with van der Waals surface area (Å²) in [4.78, 5) is 17.5. The molecule has 0 unspecified atom stereocenters. The van der Waals surface area contributed by atoms with Gasteiger partial charge in [0.1, 0.15) is 0 Å². The summed E-state index contributed by atoms with van der Waals surface area (Å²) >= 11 is 0. The topological polar surface area (TPSA) is 81.0 Å². The van der Waals surface area contributed by atoms with Crippen LogP contribution in [0, 0.1) is 0 Å². The summed E-state index contributed by atoms with van der Waals surface area (Å²) in [6.07, 6.45) is 5.01. The summed E-state index contributed by atoms with van der Waals surface area (Å²) in [6.45, 7) is 0.374. The summed E-state index contributed by atoms with van der Waals surface area (Å²) in [5, 5.41) is 0. The predicted molar refractivity (Wildman–Crippen MR) is 56.3 cm³/mol. The third kappa shape index (κ3) is 2.79. The summed E-state index contributed by atoms with van der Waals surface area (Å²) in [6, 6.07) is 1.42. The second kappa shape index (κ2) is 4.44. The van der Waals surface area contributed by atoms with Crippen LogP contribution in [-0.2, 0) is 11.3 Å². The van der Waals surface area contributed by atoms with Gasteiger partial charge in [-0.3, -0.25) is 9.78 Å². The highest BCUT2D eigenvalue weighted by Crippen LogP contribution is 2.21. The Hall–Kier alpha value is -1.36. The van der Waals surface area contributed by atoms with Crippen molar-refractivity contribution in [1.82, 2.24) is 9.97 Å². The number of nitrogens with two attached hydrogens (primary N) is 1. The normalized spacial score (nSPS) is 17.1. The van der Waals surface area contributed by atoms with Crippen LogP contribution < -0.4 is 11.3 Å². The molecule has 1 saturated carbocycles. The quantitative estimate of drug-likeness (QED) is 0.772. The molecule has 0 radical (unpaired) electrons. The van der Waals surface area contributed by atoms with Crippen molar-refractivity contribution in [2.24, 2.45) is 0 Å². The van der Waals surface area contributed by atoms with Gasteiger partial charge in [-0.15, -0.1) is 0 Å². The number of anilines is 1. The van der Waals surface area contributed by atoms with Crippen LogP contribution in [0.15, 0.2) is 10.9 Å². The van der Waals surface area contributed by atoms with Gasteiger partial charge in [0.05, 0.1) is 18.4 Å². The van der Waals surface area contributed by atoms with Gasteiger partial charge in [-0.25, -0.2) is 4.98 Å². The third-order valence-corrected chi connectivity index (χ3v) is 2.58. The molecule has 0 aliphatic heterocycles. The minimum absolute atomic E-state index is 0.146. The lowest BCUT2D eigenvalue weighted by Crippen LogP contribution is -2.14. The first-order chi connectivity index (χ1) is 7.24. The van der Waals surface area contributed by atoms with Crippen molar-refractivity contribution >= 4 is 5.95 Å². The molecule has 0 aromatic carbocycles. The maximum Gasteiger partial charge on any atom is 0.252 e. The lowest BCUT2D eigenvalue weighted by Gasteiger charge is -2.10. The fourth-order valence-electron chi connectivity index (χ4n) is 1.86. The van der Waals surface area contributed by atoms with E-state index >= 15 is 0 Å². The number of nitrogens with zero attached hydrogens (tertiary/aromatic N) is 1. The zero-order valence-corrected chi connectivity index (χ0v) is 8.53. The van der Waals surface area contributed by atoms with Crippen LogP contribution in [0.3, 0.4) is 0 Å². The van der Waals surface area contributed by atoms with Gasteiger partial charge in [-0.2, -0.15) is 0 Å². The SMILES string of the molecule is Nc1nc(COC2CCCC2)cc(=O)[nH]1. The molecule has 0 saturated heterocycles. The first kappa shape index (κ1) is 10.2. The van der Waals surface area contributed by atoms with E-state index in [1.54, 1.807) is 0 Å². The van der Waals surface area contributed by atoms with E-state index in [1.807, 2.05) is 0 Å². The lowest BCUT2D eigenvalue weighted by atomic mass is 10.3. The zero-order valence-electron chi connectivity index (χ0n) is 8.53. The number of rotatable bonds is 3. The molecular weight excluding hydrogens is 194 g/mol. The van der Waals surface area contributed by atoms with Gasteiger partial charge in [0.2, 0.25) is 5.95 Å². The number of nitrogen functional groups attached to an aromatic ring is 1. The Bertz CT molecular complexity index is 382. The molecule has 2 rings (SSSR count). The molecule has 5 nitrogen and oxygen atoms in total. The first-order valence-corrected chi connectivity index (χ1v) is 5.21. The van der Waals surface area contributed by atoms with Gasteiger partial charge in [0, 0.05) is 6.07 Å². The minimum atomic E-state index is -0.229. The van der Waals surface area contributed by atoms with Crippen molar-refractivity contribution in [3.05, 3.63) is 22.1 Å². The van der Waals surface area contributed by atoms with Crippen molar-refractivity contribution in [2.45, 2.75) is 38.4 Å². The maximum absolute atomic E-state index is 11.1. The monoisotopic (exact) mass is 209 g/mol. The number of aromatic amines is 1. The second-order valence-electron chi connectivity index (χ2n) is 3.84. The van der Waals surface area contributed by atoms with E-state index < -0.39 is 0 Å². The van der Waals surface area contributed by atoms with Crippen LogP contribution >= 0.6 is 0 Å². The van der Waals surface area contributed by atoms with Gasteiger partial charge in [-0.05, 0) is 12.8 Å². The molecule has 5 heteroatoms. The molecule has 82 valence electrons. The number of hydrogen-bond donors (Lipinski definition) is 2. The largest absolute Gasteiger partial charge is 0.372 e. The molecule has 15 heavy (non-hydrogen) atoms. The standard InChI is InChI=1S/C10H15N3O2/c11-10-12-7(5-9(14)13-10)6-15-8-3-1-2-4-8/h5,8H,1-4,6H2,(H3,11,12,13,14). The molecule has 1 fully saturated rings. The highest BCUT2D eigenvalue weighted by Gasteiger charge is 2.15. The van der Waals surface area contributed by atoms with Crippen LogP contribution in [-0.4, -0.2) is 16.1 Å². The molecule has 3 N–H and O–H groups in total. The van der Waals surface area contributed by atoms with Crippen molar-refractivity contribution in [2.75, 3.05) is 5.73 Å². The molecule has 0 spiro atoms. The highest BCUT2D eigenvalue weighted by atomic mass is 16.5. The Kier molecular flexibility index (Phi) is 3.01. The molecule has 1 aliphatic carbocycles. The van der Waals surface area contributed by atoms with Gasteiger partial charge in [0.15, 0.2) is 0 Å². The molecule has 0 atom stereocenters. The summed E-state index contributed by atoms with van der Waals surface area (Å²) in [7, 11) is 0. The Balaban J connectivity index is 1.95. The molecule has 1 aromatic rings. The van der Waals surface area contributed by atoms with Crippen LogP contribution in [0.2, 0.25) is 0 Å². The molecule has 1 aliphatic rings. The summed E-state index contributed by atoms with van der Waals surface area (Å²) in [5.41, 5.74) is 5.79. The van der Waals surface area contributed by atoms with Crippen molar-refractivity contribution in [1.29, 1.82) is 0 Å². The average molecular weight is 209 g/mol. The third-order valence-electron chi connectivity index (χ3n) is 2.58. The number of nitrogens with one attached hydrogen (secondary N) is 1. The molecule has 0 amide bonds. The second-order valence-corrected chi connectivity index (χ2v) is 3.84. The van der Waals surface area contributed by atoms with Gasteiger partial charge in [-0.1, -0.05) is 12.8 Å². The molecule has 0 bridgehead atoms. The van der Waals surface area contributed by atoms with Gasteiger partial charge in [0.25, 0.3) is 5.56 Å². The number of aromatic nitrogens is 2. The van der Waals surface area contributed by atoms with Crippen molar-refractivity contribution in [3.8, 4) is 0 Å². The Morgan fingerprint density at radius 2 is 2.27 bits per heavy atom. The van der Waals surface area contributed by atoms with E-state index in [9.17, 15) is 4.79 Å². The Morgan fingerprint density at radius 1 is 1.53 bits per heavy atom. The fraction of sp³-hybridized carbons (Fsp3) is 0.600. The van der Waals surface area contributed by atoms with Crippen molar-refractivity contribution < 1.29 is 4.74 Å². The highest BCUT2D eigenvalue weighted by molar-refractivity contribution is 5.16. The average Bonchev–Trinajstić information content (AvgIpc) is 2.65. The minimum Gasteiger partial charge on any atom is -0.372 e. The van der Waals surface area contributed by atoms with E-state index in [0.29, 0.717) is 18.4 Å². The van der Waals surface area contributed by atoms with E-state index in [4.69, 9.17) is 10.5 Å².